The van der Waals surface area contributed by atoms with Crippen LogP contribution >= 0.6 is 69.3 Å². The lowest BCUT2D eigenvalue weighted by atomic mass is 9.78. The monoisotopic (exact) mass is 2050 g/mol. The maximum Gasteiger partial charge on any atom is 0.494 e. The van der Waals surface area contributed by atoms with Crippen LogP contribution in [-0.2, 0) is 9.31 Å². The molecule has 1 aliphatic rings. The van der Waals surface area contributed by atoms with Crippen molar-refractivity contribution in [2.45, 2.75) is 46.3 Å². The summed E-state index contributed by atoms with van der Waals surface area (Å²) in [5.74, 6) is 0.718. The minimum Gasteiger partial charge on any atom is -0.455 e. The molecule has 25 rings (SSSR count). The zero-order valence-electron chi connectivity index (χ0n) is 76.9. The van der Waals surface area contributed by atoms with Crippen molar-refractivity contribution in [3.05, 3.63) is 443 Å². The van der Waals surface area contributed by atoms with Gasteiger partial charge in [-0.05, 0) is 259 Å². The molecule has 5 heterocycles. The van der Waals surface area contributed by atoms with Gasteiger partial charge < -0.3 is 34.3 Å². The van der Waals surface area contributed by atoms with E-state index >= 15 is 0 Å². The molecule has 20 aromatic carbocycles. The number of hydrogen-bond acceptors (Lipinski definition) is 11. The van der Waals surface area contributed by atoms with Crippen molar-refractivity contribution < 1.29 is 34.0 Å². The highest BCUT2D eigenvalue weighted by molar-refractivity contribution is 9.11. The molecule has 4 aromatic heterocycles. The van der Waals surface area contributed by atoms with E-state index in [1.54, 1.807) is 24.3 Å². The van der Waals surface area contributed by atoms with Gasteiger partial charge in [0.05, 0.1) is 42.1 Å². The van der Waals surface area contributed by atoms with Crippen molar-refractivity contribution in [1.82, 2.24) is 26.1 Å². The SMILES string of the molecule is Brc1ccc2cc(-c3ccccc3)ccc2c1.Brc1ccc2cc(Br)ccc2c1.C.CC1(C)OB(c2ccc3cc(-c4ccccc4)ccc3c2)OC1(C)C.Clc1nc(-c2ccc3c(ccc4c5ccccc5oc34)c2)c2ccccc2n1.N.OB(O)c1ccccc1.P.[2H]CF.c1ccc(-c2ccc3cc(-c4nc(-c5ccc6c(ccc7c8ccccc8oc67)c5)c5ccccc5n4)ccc3c2)cc1. The molecule has 1 atom stereocenters. The minimum absolute atomic E-state index is 0. The zero-order chi connectivity index (χ0) is 94.3. The van der Waals surface area contributed by atoms with E-state index in [2.05, 4.69) is 395 Å². The summed E-state index contributed by atoms with van der Waals surface area (Å²) < 4.78 is 43.7. The second kappa shape index (κ2) is 43.5. The maximum atomic E-state index is 9.96. The first-order valence-corrected chi connectivity index (χ1v) is 47.3. The lowest BCUT2D eigenvalue weighted by molar-refractivity contribution is 0.00578. The van der Waals surface area contributed by atoms with Gasteiger partial charge in [0, 0.05) is 73.2 Å². The summed E-state index contributed by atoms with van der Waals surface area (Å²) in [6.07, 6.45) is 0. The molecule has 684 valence electrons. The first-order chi connectivity index (χ1) is 66.7. The molecule has 0 aliphatic carbocycles. The van der Waals surface area contributed by atoms with E-state index < -0.39 is 14.3 Å². The average Bonchev–Trinajstić information content (AvgIpc) is 1.53. The summed E-state index contributed by atoms with van der Waals surface area (Å²) >= 11 is 16.6. The predicted octanol–water partition coefficient (Wildman–Crippen LogP) is 33.1. The molecular formula is C120H97B2Br3ClFN5O6P. The van der Waals surface area contributed by atoms with Crippen molar-refractivity contribution >= 4 is 225 Å². The highest BCUT2D eigenvalue weighted by Gasteiger charge is 2.51. The van der Waals surface area contributed by atoms with Crippen LogP contribution in [0.2, 0.25) is 5.28 Å². The van der Waals surface area contributed by atoms with E-state index in [0.717, 1.165) is 145 Å². The van der Waals surface area contributed by atoms with Gasteiger partial charge in [-0.25, -0.2) is 19.9 Å². The van der Waals surface area contributed by atoms with E-state index in [4.69, 9.17) is 51.1 Å². The first-order valence-electron chi connectivity index (χ1n) is 45.2. The number of benzene rings is 20. The highest BCUT2D eigenvalue weighted by atomic mass is 79.9. The third kappa shape index (κ3) is 21.6. The van der Waals surface area contributed by atoms with Crippen LogP contribution in [0.15, 0.2) is 447 Å². The van der Waals surface area contributed by atoms with Crippen molar-refractivity contribution in [2.24, 2.45) is 0 Å². The van der Waals surface area contributed by atoms with Gasteiger partial charge in [0.2, 0.25) is 5.28 Å². The molecule has 0 saturated carbocycles. The Morgan fingerprint density at radius 1 is 0.317 bits per heavy atom. The van der Waals surface area contributed by atoms with Crippen molar-refractivity contribution in [3.8, 4) is 67.3 Å². The predicted molar refractivity (Wildman–Crippen MR) is 601 cm³/mol. The van der Waals surface area contributed by atoms with E-state index in [9.17, 15) is 4.39 Å². The van der Waals surface area contributed by atoms with Crippen LogP contribution in [0.4, 0.5) is 4.39 Å². The summed E-state index contributed by atoms with van der Waals surface area (Å²) in [5, 5.41) is 38.2. The minimum atomic E-state index is -1.34. The van der Waals surface area contributed by atoms with E-state index in [-0.39, 0.29) is 47.1 Å². The second-order valence-electron chi connectivity index (χ2n) is 34.1. The Morgan fingerprint density at radius 3 is 1.04 bits per heavy atom. The van der Waals surface area contributed by atoms with Crippen LogP contribution in [0.3, 0.4) is 0 Å². The Morgan fingerprint density at radius 2 is 0.626 bits per heavy atom. The van der Waals surface area contributed by atoms with Crippen molar-refractivity contribution in [1.29, 1.82) is 0 Å². The summed E-state index contributed by atoms with van der Waals surface area (Å²) in [4.78, 5) is 19.0. The fourth-order valence-corrected chi connectivity index (χ4v) is 18.6. The third-order valence-electron chi connectivity index (χ3n) is 24.9. The van der Waals surface area contributed by atoms with Crippen molar-refractivity contribution in [3.63, 3.8) is 0 Å². The summed E-state index contributed by atoms with van der Waals surface area (Å²) in [7, 11) is -2.66. The average molecular weight is 2050 g/mol. The second-order valence-corrected chi connectivity index (χ2v) is 37.2. The molecule has 24 aromatic rings. The van der Waals surface area contributed by atoms with Crippen LogP contribution in [0.5, 0.6) is 0 Å². The van der Waals surface area contributed by atoms with Gasteiger partial charge in [0.15, 0.2) is 5.82 Å². The Kier molecular flexibility index (Phi) is 30.4. The molecule has 11 nitrogen and oxygen atoms in total. The topological polar surface area (TPSA) is 172 Å². The fraction of sp³-hybridized carbons (Fsp3) is 0.0667. The molecule has 19 heteroatoms. The van der Waals surface area contributed by atoms with Crippen LogP contribution in [0.1, 0.15) is 36.5 Å². The number of hydrogen-bond donors (Lipinski definition) is 3. The Balaban J connectivity index is 0.000000128. The zero-order valence-corrected chi connectivity index (χ0v) is 82.8. The number of halogens is 5. The lowest BCUT2D eigenvalue weighted by Crippen LogP contribution is -2.41. The van der Waals surface area contributed by atoms with E-state index in [0.29, 0.717) is 5.46 Å². The third-order valence-corrected chi connectivity index (χ3v) is 26.6. The molecule has 1 fully saturated rings. The van der Waals surface area contributed by atoms with Gasteiger partial charge in [-0.1, -0.05) is 359 Å². The normalized spacial score (nSPS) is 12.3. The van der Waals surface area contributed by atoms with Gasteiger partial charge in [-0.15, -0.1) is 0 Å². The number of alkyl halides is 1. The number of aromatic nitrogens is 4. The summed E-state index contributed by atoms with van der Waals surface area (Å²) in [6.45, 7) is 8.33. The molecule has 0 radical (unpaired) electrons. The van der Waals surface area contributed by atoms with Gasteiger partial charge >= 0.3 is 14.2 Å². The Hall–Kier alpha value is -13.7. The Bertz CT molecular complexity index is 8520. The van der Waals surface area contributed by atoms with Crippen LogP contribution in [0, 0.1) is 0 Å². The highest BCUT2D eigenvalue weighted by Crippen LogP contribution is 2.42. The molecule has 1 aliphatic heterocycles. The maximum absolute atomic E-state index is 9.96. The van der Waals surface area contributed by atoms with Crippen LogP contribution < -0.4 is 17.1 Å². The molecule has 0 amide bonds. The molecule has 1 saturated heterocycles. The summed E-state index contributed by atoms with van der Waals surface area (Å²) in [5.41, 5.74) is 18.6. The number of rotatable bonds is 8. The number of fused-ring (bicyclic) bond motifs is 16. The smallest absolute Gasteiger partial charge is 0.455 e. The van der Waals surface area contributed by atoms with Gasteiger partial charge in [-0.3, -0.25) is 4.39 Å². The molecule has 5 N–H and O–H groups in total. The van der Waals surface area contributed by atoms with Gasteiger partial charge in [-0.2, -0.15) is 9.90 Å². The molecule has 0 spiro atoms. The van der Waals surface area contributed by atoms with E-state index in [1.807, 2.05) is 91.0 Å². The summed E-state index contributed by atoms with van der Waals surface area (Å²) in [6, 6.07) is 146. The molecular weight excluding hydrogens is 1950 g/mol. The van der Waals surface area contributed by atoms with Crippen molar-refractivity contribution in [2.75, 3.05) is 7.15 Å². The first kappa shape index (κ1) is 96.9. The largest absolute Gasteiger partial charge is 0.494 e. The lowest BCUT2D eigenvalue weighted by Gasteiger charge is -2.32. The Labute approximate surface area is 842 Å². The number of nitrogens with zero attached hydrogens (tertiary/aromatic N) is 4. The van der Waals surface area contributed by atoms with E-state index in [1.165, 1.54) is 71.1 Å². The van der Waals surface area contributed by atoms with Crippen LogP contribution in [0.25, 0.3) is 198 Å². The fourth-order valence-electron chi connectivity index (χ4n) is 17.2. The number of para-hydroxylation sites is 4. The van der Waals surface area contributed by atoms with Gasteiger partial charge in [0.25, 0.3) is 0 Å². The molecule has 0 bridgehead atoms. The van der Waals surface area contributed by atoms with Crippen LogP contribution in [-0.4, -0.2) is 62.6 Å². The molecule has 139 heavy (non-hydrogen) atoms. The van der Waals surface area contributed by atoms with Gasteiger partial charge in [0.1, 0.15) is 22.3 Å². The number of furan rings is 2. The standard InChI is InChI=1S/C40H24N2O.C24H13ClN2O.C22H23BO2.C16H11Br.C10H6Br2.C6H7BO2.CH3F.CH4.H3N.H3P/c1-2-8-25(9-3-1)26-14-15-28-23-31(17-16-27(28)22-26)40-41-36-12-6-4-11-35(36)38(42-40)30-19-20-32-29(24-30)18-21-34-33-10-5-7-13-37(33)43-39(32)34;25-24-26-20-7-3-1-6-19(20)22(27-24)15-10-11-16-14(13-15)9-12-18-17-5-2-4-8-21(17)28-23(16)18;1-21(2)22(3,4)25-23(24-21)20-13-12-18-14-17(10-11-19(18)15-20)16-8-6-5-7-9-16;17-16-9-8-14-10-13(6-7-15(14)11-16)12-4-2-1-3-5-12;11-9-3-1-7-5-10(12)4-2-8(7)6-9;8-7(9)6-4-2-1-3-5-6;1-2;;;/h1-24H;1-13H;5-15H,1-4H3;1-11H;1-6H;1-5,8-9H;1H3;1H4;2*1H3/i;;;;;;1D;;;. The quantitative estimate of drug-likeness (QED) is 0.0751. The molecule has 1 unspecified atom stereocenters.